The van der Waals surface area contributed by atoms with E-state index in [0.29, 0.717) is 23.5 Å². The predicted octanol–water partition coefficient (Wildman–Crippen LogP) is 1.86. The van der Waals surface area contributed by atoms with Crippen LogP contribution in [0, 0.1) is 11.7 Å². The van der Waals surface area contributed by atoms with Gasteiger partial charge in [0.2, 0.25) is 0 Å². The molecule has 1 saturated carbocycles. The molecule has 0 radical (unpaired) electrons. The summed E-state index contributed by atoms with van der Waals surface area (Å²) in [6.07, 6.45) is 2.64. The molecule has 5 heteroatoms. The minimum Gasteiger partial charge on any atom is -0.493 e. The number of likely N-dealkylation sites (tertiary alicyclic amines) is 1. The zero-order valence-electron chi connectivity index (χ0n) is 13.5. The summed E-state index contributed by atoms with van der Waals surface area (Å²) in [5.74, 6) is 1.38. The zero-order valence-corrected chi connectivity index (χ0v) is 13.5. The molecule has 1 aromatic rings. The lowest BCUT2D eigenvalue weighted by atomic mass is 9.51. The number of aliphatic hydroxyl groups excluding tert-OH is 1. The highest BCUT2D eigenvalue weighted by Gasteiger charge is 2.65. The Morgan fingerprint density at radius 3 is 3.04 bits per heavy atom. The van der Waals surface area contributed by atoms with E-state index < -0.39 is 6.10 Å². The second-order valence-corrected chi connectivity index (χ2v) is 7.58. The van der Waals surface area contributed by atoms with Crippen LogP contribution in [0.1, 0.15) is 30.4 Å². The van der Waals surface area contributed by atoms with E-state index in [9.17, 15) is 9.50 Å². The molecule has 2 aliphatic carbocycles. The van der Waals surface area contributed by atoms with E-state index in [0.717, 1.165) is 43.4 Å². The Morgan fingerprint density at radius 1 is 1.43 bits per heavy atom. The fourth-order valence-electron chi connectivity index (χ4n) is 5.89. The first-order chi connectivity index (χ1) is 11.1. The summed E-state index contributed by atoms with van der Waals surface area (Å²) in [6.45, 7) is 0.964. The summed E-state index contributed by atoms with van der Waals surface area (Å²) < 4.78 is 26.4. The van der Waals surface area contributed by atoms with Gasteiger partial charge in [0, 0.05) is 23.1 Å². The Morgan fingerprint density at radius 2 is 2.26 bits per heavy atom. The minimum absolute atomic E-state index is 0.192. The van der Waals surface area contributed by atoms with Gasteiger partial charge in [0.05, 0.1) is 13.2 Å². The lowest BCUT2D eigenvalue weighted by Crippen LogP contribution is -2.66. The van der Waals surface area contributed by atoms with Crippen molar-refractivity contribution in [2.24, 2.45) is 5.92 Å². The fraction of sp³-hybridized carbons (Fsp3) is 0.667. The minimum atomic E-state index is -0.485. The molecular formula is C18H22FNO3. The number of hydrogen-bond acceptors (Lipinski definition) is 4. The van der Waals surface area contributed by atoms with Crippen LogP contribution in [-0.2, 0) is 11.8 Å². The van der Waals surface area contributed by atoms with E-state index in [-0.39, 0.29) is 17.3 Å². The first-order valence-electron chi connectivity index (χ1n) is 8.52. The molecule has 1 aromatic carbocycles. The van der Waals surface area contributed by atoms with Crippen LogP contribution < -0.4 is 9.47 Å². The number of likely N-dealkylation sites (N-methyl/N-ethyl adjacent to an activating group) is 1. The van der Waals surface area contributed by atoms with Gasteiger partial charge < -0.3 is 19.5 Å². The quantitative estimate of drug-likeness (QED) is 0.858. The van der Waals surface area contributed by atoms with Crippen molar-refractivity contribution < 1.29 is 19.0 Å². The maximum atomic E-state index is 14.8. The summed E-state index contributed by atoms with van der Waals surface area (Å²) >= 11 is 0. The lowest BCUT2D eigenvalue weighted by Gasteiger charge is -2.58. The second kappa shape index (κ2) is 4.39. The lowest BCUT2D eigenvalue weighted by molar-refractivity contribution is -0.0995. The van der Waals surface area contributed by atoms with Gasteiger partial charge >= 0.3 is 0 Å². The van der Waals surface area contributed by atoms with Gasteiger partial charge in [-0.2, -0.15) is 0 Å². The van der Waals surface area contributed by atoms with E-state index in [1.165, 1.54) is 6.07 Å². The van der Waals surface area contributed by atoms with Crippen LogP contribution in [0.5, 0.6) is 11.5 Å². The van der Waals surface area contributed by atoms with E-state index in [1.807, 2.05) is 0 Å². The van der Waals surface area contributed by atoms with Gasteiger partial charge in [0.25, 0.3) is 0 Å². The molecule has 2 aliphatic heterocycles. The van der Waals surface area contributed by atoms with Gasteiger partial charge in [-0.25, -0.2) is 4.39 Å². The molecule has 1 N–H and O–H groups in total. The van der Waals surface area contributed by atoms with Crippen molar-refractivity contribution in [3.63, 3.8) is 0 Å². The number of nitrogens with zero attached hydrogens (tertiary/aromatic N) is 1. The van der Waals surface area contributed by atoms with Gasteiger partial charge in [-0.1, -0.05) is 0 Å². The van der Waals surface area contributed by atoms with Crippen LogP contribution in [0.4, 0.5) is 4.39 Å². The monoisotopic (exact) mass is 319 g/mol. The SMILES string of the molecule is COc1cc(F)c2c3c1O[C@H]1[C@@H](O)CC[C@H]4[C@@H](C2)N(C)CC[C@@]341. The molecule has 2 fully saturated rings. The molecule has 23 heavy (non-hydrogen) atoms. The number of methoxy groups -OCH3 is 1. The van der Waals surface area contributed by atoms with Crippen LogP contribution in [-0.4, -0.2) is 49.0 Å². The number of ether oxygens (including phenoxy) is 2. The molecule has 2 bridgehead atoms. The van der Waals surface area contributed by atoms with Crippen molar-refractivity contribution >= 4 is 0 Å². The van der Waals surface area contributed by atoms with Crippen LogP contribution in [0.2, 0.25) is 0 Å². The molecule has 1 spiro atoms. The number of hydrogen-bond donors (Lipinski definition) is 1. The van der Waals surface area contributed by atoms with Crippen LogP contribution >= 0.6 is 0 Å². The van der Waals surface area contributed by atoms with Crippen molar-refractivity contribution in [3.8, 4) is 11.5 Å². The molecule has 4 aliphatic rings. The Bertz CT molecular complexity index is 693. The molecule has 5 atom stereocenters. The third kappa shape index (κ3) is 1.48. The first kappa shape index (κ1) is 14.1. The Kier molecular flexibility index (Phi) is 2.68. The predicted molar refractivity (Wildman–Crippen MR) is 82.5 cm³/mol. The van der Waals surface area contributed by atoms with Gasteiger partial charge in [-0.15, -0.1) is 0 Å². The van der Waals surface area contributed by atoms with Gasteiger partial charge in [0.1, 0.15) is 11.9 Å². The third-order valence-corrected chi connectivity index (χ3v) is 6.84. The average Bonchev–Trinajstić information content (AvgIpc) is 2.89. The van der Waals surface area contributed by atoms with E-state index in [2.05, 4.69) is 11.9 Å². The Balaban J connectivity index is 1.82. The topological polar surface area (TPSA) is 41.9 Å². The molecule has 2 heterocycles. The standard InChI is InChI=1S/C18H22FNO3/c1-20-6-5-18-10-3-4-13(21)17(18)23-16-14(22-2)8-11(19)9(15(16)18)7-12(10)20/h8,10,12-13,17,21H,3-7H2,1-2H3/t10-,12+,13-,17-,18-/m0/s1. The van der Waals surface area contributed by atoms with Crippen LogP contribution in [0.3, 0.4) is 0 Å². The summed E-state index contributed by atoms with van der Waals surface area (Å²) in [5, 5.41) is 10.6. The number of halogens is 1. The van der Waals surface area contributed by atoms with Crippen molar-refractivity contribution in [2.75, 3.05) is 20.7 Å². The zero-order chi connectivity index (χ0) is 15.9. The number of piperidine rings is 1. The van der Waals surface area contributed by atoms with E-state index >= 15 is 0 Å². The highest BCUT2D eigenvalue weighted by molar-refractivity contribution is 5.61. The normalized spacial score (nSPS) is 40.5. The summed E-state index contributed by atoms with van der Waals surface area (Å²) in [5.41, 5.74) is 1.55. The molecule has 4 nitrogen and oxygen atoms in total. The smallest absolute Gasteiger partial charge is 0.166 e. The maximum absolute atomic E-state index is 14.8. The summed E-state index contributed by atoms with van der Waals surface area (Å²) in [7, 11) is 3.69. The number of benzene rings is 1. The molecule has 124 valence electrons. The molecule has 1 saturated heterocycles. The van der Waals surface area contributed by atoms with E-state index in [1.54, 1.807) is 7.11 Å². The first-order valence-corrected chi connectivity index (χ1v) is 8.52. The van der Waals surface area contributed by atoms with Crippen molar-refractivity contribution in [1.29, 1.82) is 0 Å². The Labute approximate surface area is 135 Å². The van der Waals surface area contributed by atoms with Crippen LogP contribution in [0.25, 0.3) is 0 Å². The number of aliphatic hydroxyl groups is 1. The van der Waals surface area contributed by atoms with Crippen molar-refractivity contribution in [3.05, 3.63) is 23.0 Å². The third-order valence-electron chi connectivity index (χ3n) is 6.84. The fourth-order valence-corrected chi connectivity index (χ4v) is 5.89. The maximum Gasteiger partial charge on any atom is 0.166 e. The molecule has 0 amide bonds. The van der Waals surface area contributed by atoms with Crippen molar-refractivity contribution in [2.45, 2.75) is 49.3 Å². The van der Waals surface area contributed by atoms with Crippen LogP contribution in [0.15, 0.2) is 6.07 Å². The highest BCUT2D eigenvalue weighted by atomic mass is 19.1. The van der Waals surface area contributed by atoms with Crippen molar-refractivity contribution in [1.82, 2.24) is 4.90 Å². The molecule has 0 aromatic heterocycles. The summed E-state index contributed by atoms with van der Waals surface area (Å²) in [6, 6.07) is 1.79. The molecular weight excluding hydrogens is 297 g/mol. The van der Waals surface area contributed by atoms with Gasteiger partial charge in [-0.05, 0) is 50.8 Å². The highest BCUT2D eigenvalue weighted by Crippen LogP contribution is 2.64. The average molecular weight is 319 g/mol. The van der Waals surface area contributed by atoms with Gasteiger partial charge in [0.15, 0.2) is 11.5 Å². The summed E-state index contributed by atoms with van der Waals surface area (Å²) in [4.78, 5) is 2.37. The van der Waals surface area contributed by atoms with E-state index in [4.69, 9.17) is 9.47 Å². The largest absolute Gasteiger partial charge is 0.493 e. The molecule has 0 unspecified atom stereocenters. The Hall–Kier alpha value is -1.33. The number of rotatable bonds is 1. The molecule has 5 rings (SSSR count). The second-order valence-electron chi connectivity index (χ2n) is 7.58. The van der Waals surface area contributed by atoms with Gasteiger partial charge in [-0.3, -0.25) is 0 Å².